The van der Waals surface area contributed by atoms with Crippen molar-refractivity contribution in [2.75, 3.05) is 6.61 Å². The molecule has 0 bridgehead atoms. The Labute approximate surface area is 216 Å². The van der Waals surface area contributed by atoms with Crippen LogP contribution >= 0.6 is 23.2 Å². The van der Waals surface area contributed by atoms with E-state index in [-0.39, 0.29) is 21.7 Å². The third-order valence-corrected chi connectivity index (χ3v) is 6.38. The lowest BCUT2D eigenvalue weighted by atomic mass is 9.91. The van der Waals surface area contributed by atoms with Gasteiger partial charge in [0.15, 0.2) is 11.0 Å². The molecule has 1 fully saturated rings. The number of benzene rings is 1. The van der Waals surface area contributed by atoms with Gasteiger partial charge in [-0.25, -0.2) is 14.0 Å². The van der Waals surface area contributed by atoms with Gasteiger partial charge < -0.3 is 20.1 Å². The van der Waals surface area contributed by atoms with E-state index in [1.807, 2.05) is 0 Å². The van der Waals surface area contributed by atoms with Crippen LogP contribution in [0.4, 0.5) is 13.2 Å². The Balaban J connectivity index is 1.55. The lowest BCUT2D eigenvalue weighted by Gasteiger charge is -2.42. The lowest BCUT2D eigenvalue weighted by molar-refractivity contribution is -0.209. The summed E-state index contributed by atoms with van der Waals surface area (Å²) < 4.78 is 50.4. The molecule has 196 valence electrons. The zero-order chi connectivity index (χ0) is 26.5. The van der Waals surface area contributed by atoms with E-state index >= 15 is 0 Å². The summed E-state index contributed by atoms with van der Waals surface area (Å²) in [7, 11) is 0. The van der Waals surface area contributed by atoms with Gasteiger partial charge in [-0.05, 0) is 30.3 Å². The Bertz CT molecular complexity index is 1410. The summed E-state index contributed by atoms with van der Waals surface area (Å²) in [6.07, 6.45) is -6.17. The van der Waals surface area contributed by atoms with Gasteiger partial charge in [-0.2, -0.15) is 23.4 Å². The maximum atomic E-state index is 13.8. The van der Waals surface area contributed by atoms with Crippen molar-refractivity contribution < 1.29 is 33.2 Å². The SMILES string of the molecule is OCC1O[C@@H](c2ccnn2-c2cc(Cl)ccc2C(F)(F)F)C(O)[C@@H](n2cc(-n3ccc(Cl)n3)nn2)[C@H]1O. The van der Waals surface area contributed by atoms with Crippen molar-refractivity contribution >= 4 is 23.2 Å². The fourth-order valence-corrected chi connectivity index (χ4v) is 4.56. The summed E-state index contributed by atoms with van der Waals surface area (Å²) in [5.41, 5.74) is -1.38. The van der Waals surface area contributed by atoms with Crippen molar-refractivity contribution in [2.45, 2.75) is 36.6 Å². The van der Waals surface area contributed by atoms with Crippen molar-refractivity contribution in [1.29, 1.82) is 0 Å². The molecule has 1 saturated heterocycles. The number of hydrogen-bond donors (Lipinski definition) is 3. The van der Waals surface area contributed by atoms with Crippen LogP contribution in [0.25, 0.3) is 11.5 Å². The molecule has 0 spiro atoms. The summed E-state index contributed by atoms with van der Waals surface area (Å²) in [5.74, 6) is 0.216. The minimum Gasteiger partial charge on any atom is -0.394 e. The summed E-state index contributed by atoms with van der Waals surface area (Å²) in [6.45, 7) is -0.656. The Morgan fingerprint density at radius 3 is 2.54 bits per heavy atom. The van der Waals surface area contributed by atoms with E-state index in [1.54, 1.807) is 0 Å². The highest BCUT2D eigenvalue weighted by Gasteiger charge is 2.48. The maximum Gasteiger partial charge on any atom is 0.418 e. The molecule has 2 unspecified atom stereocenters. The molecule has 11 nitrogen and oxygen atoms in total. The minimum atomic E-state index is -4.73. The molecular formula is C21H18Cl2F3N7O4. The summed E-state index contributed by atoms with van der Waals surface area (Å²) >= 11 is 11.8. The zero-order valence-electron chi connectivity index (χ0n) is 18.5. The number of ether oxygens (including phenoxy) is 1. The van der Waals surface area contributed by atoms with E-state index in [4.69, 9.17) is 27.9 Å². The standard InChI is InChI=1S/C21H18Cl2F3N7O4/c22-10-1-2-11(21(24,25)26)13(7-10)33-12(3-5-27-33)20-19(36)17(18(35)14(9-34)37-20)32-8-16(28-30-32)31-6-4-15(23)29-31/h1-8,14,17-20,34-36H,9H2/t14?,17-,18-,19?,20-/m0/s1. The summed E-state index contributed by atoms with van der Waals surface area (Å²) in [5, 5.41) is 48.2. The molecule has 0 amide bonds. The van der Waals surface area contributed by atoms with Crippen LogP contribution in [-0.2, 0) is 10.9 Å². The normalized spacial score (nSPS) is 24.5. The van der Waals surface area contributed by atoms with Crippen molar-refractivity contribution in [1.82, 2.24) is 34.6 Å². The molecule has 0 radical (unpaired) electrons. The number of aromatic nitrogens is 7. The zero-order valence-corrected chi connectivity index (χ0v) is 20.0. The molecule has 3 N–H and O–H groups in total. The van der Waals surface area contributed by atoms with Crippen LogP contribution in [0.1, 0.15) is 23.4 Å². The van der Waals surface area contributed by atoms with Crippen molar-refractivity contribution in [3.8, 4) is 11.5 Å². The lowest BCUT2D eigenvalue weighted by Crippen LogP contribution is -2.53. The number of hydrogen-bond acceptors (Lipinski definition) is 8. The molecule has 1 aliphatic rings. The van der Waals surface area contributed by atoms with E-state index in [1.165, 1.54) is 40.1 Å². The molecule has 1 aliphatic heterocycles. The Kier molecular flexibility index (Phi) is 6.72. The van der Waals surface area contributed by atoms with Gasteiger partial charge in [0.05, 0.1) is 29.7 Å². The van der Waals surface area contributed by atoms with Gasteiger partial charge in [0, 0.05) is 17.4 Å². The highest BCUT2D eigenvalue weighted by atomic mass is 35.5. The van der Waals surface area contributed by atoms with Crippen LogP contribution in [-0.4, -0.2) is 74.8 Å². The van der Waals surface area contributed by atoms with Crippen LogP contribution in [0.3, 0.4) is 0 Å². The molecule has 0 saturated carbocycles. The quantitative estimate of drug-likeness (QED) is 0.339. The van der Waals surface area contributed by atoms with Gasteiger partial charge in [-0.15, -0.1) is 5.10 Å². The van der Waals surface area contributed by atoms with Gasteiger partial charge in [0.2, 0.25) is 0 Å². The molecule has 5 atom stereocenters. The van der Waals surface area contributed by atoms with Crippen LogP contribution in [0, 0.1) is 0 Å². The van der Waals surface area contributed by atoms with Crippen molar-refractivity contribution in [2.24, 2.45) is 0 Å². The first-order chi connectivity index (χ1) is 17.6. The third-order valence-electron chi connectivity index (χ3n) is 5.94. The molecule has 5 rings (SSSR count). The highest BCUT2D eigenvalue weighted by Crippen LogP contribution is 2.41. The second-order valence-electron chi connectivity index (χ2n) is 8.22. The van der Waals surface area contributed by atoms with E-state index in [0.717, 1.165) is 22.9 Å². The Morgan fingerprint density at radius 1 is 1.08 bits per heavy atom. The van der Waals surface area contributed by atoms with Crippen LogP contribution in [0.15, 0.2) is 48.9 Å². The molecule has 37 heavy (non-hydrogen) atoms. The predicted molar refractivity (Wildman–Crippen MR) is 121 cm³/mol. The smallest absolute Gasteiger partial charge is 0.394 e. The summed E-state index contributed by atoms with van der Waals surface area (Å²) in [6, 6.07) is 4.67. The van der Waals surface area contributed by atoms with Gasteiger partial charge in [-0.1, -0.05) is 28.4 Å². The largest absolute Gasteiger partial charge is 0.418 e. The van der Waals surface area contributed by atoms with Gasteiger partial charge >= 0.3 is 6.18 Å². The number of aliphatic hydroxyl groups is 3. The van der Waals surface area contributed by atoms with Crippen LogP contribution < -0.4 is 0 Å². The molecule has 4 heterocycles. The topological polar surface area (TPSA) is 136 Å². The number of halogens is 5. The first-order valence-electron chi connectivity index (χ1n) is 10.8. The van der Waals surface area contributed by atoms with Gasteiger partial charge in [-0.3, -0.25) is 0 Å². The molecule has 0 aliphatic carbocycles. The first kappa shape index (κ1) is 25.6. The van der Waals surface area contributed by atoms with Crippen molar-refractivity contribution in [3.63, 3.8) is 0 Å². The molecular weight excluding hydrogens is 542 g/mol. The number of rotatable bonds is 5. The molecule has 16 heteroatoms. The molecule has 4 aromatic rings. The predicted octanol–water partition coefficient (Wildman–Crippen LogP) is 2.37. The summed E-state index contributed by atoms with van der Waals surface area (Å²) in [4.78, 5) is 0. The fraction of sp³-hybridized carbons (Fsp3) is 0.333. The first-order valence-corrected chi connectivity index (χ1v) is 11.5. The average Bonchev–Trinajstić information content (AvgIpc) is 3.59. The number of aliphatic hydroxyl groups excluding tert-OH is 3. The Morgan fingerprint density at radius 2 is 1.86 bits per heavy atom. The monoisotopic (exact) mass is 559 g/mol. The molecule has 1 aromatic carbocycles. The number of alkyl halides is 3. The third kappa shape index (κ3) is 4.71. The average molecular weight is 560 g/mol. The maximum absolute atomic E-state index is 13.8. The van der Waals surface area contributed by atoms with E-state index in [2.05, 4.69) is 20.5 Å². The highest BCUT2D eigenvalue weighted by molar-refractivity contribution is 6.30. The molecule has 3 aromatic heterocycles. The number of nitrogens with zero attached hydrogens (tertiary/aromatic N) is 7. The second kappa shape index (κ2) is 9.70. The van der Waals surface area contributed by atoms with E-state index in [0.29, 0.717) is 0 Å². The van der Waals surface area contributed by atoms with E-state index in [9.17, 15) is 28.5 Å². The van der Waals surface area contributed by atoms with Crippen LogP contribution in [0.2, 0.25) is 10.2 Å². The second-order valence-corrected chi connectivity index (χ2v) is 9.04. The van der Waals surface area contributed by atoms with E-state index < -0.39 is 54.5 Å². The fourth-order valence-electron chi connectivity index (χ4n) is 4.26. The minimum absolute atomic E-state index is 0.0230. The van der Waals surface area contributed by atoms with Crippen LogP contribution in [0.5, 0.6) is 0 Å². The van der Waals surface area contributed by atoms with Gasteiger partial charge in [0.1, 0.15) is 30.5 Å². The van der Waals surface area contributed by atoms with Crippen molar-refractivity contribution in [3.05, 3.63) is 70.4 Å². The van der Waals surface area contributed by atoms with Gasteiger partial charge in [0.25, 0.3) is 0 Å². The Hall–Kier alpha value is -3.01.